The molecule has 0 spiro atoms. The number of alkyl halides is 6. The van der Waals surface area contributed by atoms with Gasteiger partial charge in [0.2, 0.25) is 0 Å². The van der Waals surface area contributed by atoms with Crippen molar-refractivity contribution in [3.63, 3.8) is 0 Å². The Morgan fingerprint density at radius 1 is 0.537 bits per heavy atom. The first-order valence-electron chi connectivity index (χ1n) is 13.0. The first kappa shape index (κ1) is 38.2. The standard InChI is InChI=1S/2C9H13.2C7H5F3O.Hf/c2*1-2-3-6-9-7-4-5-8-9;2*8-7(9,10)5-3-1-2-4-6(5)11;/h2*4-5,7-8H,2-3,6H2,1H3;2*1-4,11H;/q2*-1;;;. The van der Waals surface area contributed by atoms with Crippen LogP contribution in [0.3, 0.4) is 0 Å². The first-order chi connectivity index (χ1) is 18.9. The van der Waals surface area contributed by atoms with Crippen LogP contribution in [0.25, 0.3) is 0 Å². The Hall–Kier alpha value is -2.81. The van der Waals surface area contributed by atoms with Crippen molar-refractivity contribution in [2.45, 2.75) is 64.7 Å². The normalized spacial score (nSPS) is 10.5. The maximum atomic E-state index is 11.9. The molecular formula is C32H36F6HfO2-2. The molecule has 4 aromatic carbocycles. The van der Waals surface area contributed by atoms with Crippen LogP contribution in [-0.4, -0.2) is 10.2 Å². The van der Waals surface area contributed by atoms with E-state index in [1.54, 1.807) is 0 Å². The molecule has 41 heavy (non-hydrogen) atoms. The van der Waals surface area contributed by atoms with Gasteiger partial charge in [0.1, 0.15) is 11.5 Å². The maximum Gasteiger partial charge on any atom is 0.419 e. The van der Waals surface area contributed by atoms with Crippen LogP contribution < -0.4 is 0 Å². The third-order valence-corrected chi connectivity index (χ3v) is 5.52. The number of benzene rings is 2. The average molecular weight is 745 g/mol. The molecule has 2 nitrogen and oxygen atoms in total. The second-order valence-corrected chi connectivity index (χ2v) is 8.82. The summed E-state index contributed by atoms with van der Waals surface area (Å²) in [6.07, 6.45) is -1.19. The predicted octanol–water partition coefficient (Wildman–Crippen LogP) is 10.3. The number of hydrogen-bond donors (Lipinski definition) is 2. The van der Waals surface area contributed by atoms with Crippen molar-refractivity contribution >= 4 is 0 Å². The Bertz CT molecular complexity index is 1070. The zero-order valence-corrected chi connectivity index (χ0v) is 26.7. The van der Waals surface area contributed by atoms with Crippen LogP contribution in [0.5, 0.6) is 11.5 Å². The Labute approximate surface area is 257 Å². The number of para-hydroxylation sites is 2. The Balaban J connectivity index is 0.000000518. The van der Waals surface area contributed by atoms with Crippen molar-refractivity contribution in [1.82, 2.24) is 0 Å². The molecule has 0 aliphatic heterocycles. The van der Waals surface area contributed by atoms with Crippen LogP contribution >= 0.6 is 0 Å². The molecule has 9 heteroatoms. The molecule has 4 rings (SSSR count). The summed E-state index contributed by atoms with van der Waals surface area (Å²) in [6, 6.07) is 26.0. The number of hydrogen-bond acceptors (Lipinski definition) is 2. The van der Waals surface area contributed by atoms with Gasteiger partial charge in [-0.1, -0.05) is 76.6 Å². The molecule has 0 aromatic heterocycles. The van der Waals surface area contributed by atoms with Crippen LogP contribution in [0.2, 0.25) is 0 Å². The number of unbranched alkanes of at least 4 members (excludes halogenated alkanes) is 2. The zero-order valence-electron chi connectivity index (χ0n) is 23.1. The zero-order chi connectivity index (χ0) is 30.0. The van der Waals surface area contributed by atoms with Crippen LogP contribution in [0.15, 0.2) is 97.1 Å². The number of rotatable bonds is 6. The molecule has 0 saturated carbocycles. The summed E-state index contributed by atoms with van der Waals surface area (Å²) >= 11 is 0. The van der Waals surface area contributed by atoms with Crippen molar-refractivity contribution in [3.8, 4) is 11.5 Å². The molecule has 2 N–H and O–H groups in total. The van der Waals surface area contributed by atoms with Gasteiger partial charge in [0.25, 0.3) is 0 Å². The molecule has 0 heterocycles. The van der Waals surface area contributed by atoms with Gasteiger partial charge in [-0.2, -0.15) is 61.7 Å². The monoisotopic (exact) mass is 746 g/mol. The Kier molecular flexibility index (Phi) is 18.8. The number of halogens is 6. The molecule has 0 radical (unpaired) electrons. The summed E-state index contributed by atoms with van der Waals surface area (Å²) in [5.41, 5.74) is 0.966. The first-order valence-corrected chi connectivity index (χ1v) is 13.0. The summed E-state index contributed by atoms with van der Waals surface area (Å²) in [4.78, 5) is 0. The van der Waals surface area contributed by atoms with Gasteiger partial charge in [0, 0.05) is 25.8 Å². The molecule has 0 bridgehead atoms. The van der Waals surface area contributed by atoms with E-state index in [0.29, 0.717) is 0 Å². The molecule has 0 atom stereocenters. The SMILES string of the molecule is CCCC[c-]1cccc1.CCCC[c-]1cccc1.Oc1ccccc1C(F)(F)F.Oc1ccccc1C(F)(F)F.[Hf]. The molecule has 0 unspecified atom stereocenters. The molecular weight excluding hydrogens is 709 g/mol. The Morgan fingerprint density at radius 2 is 0.829 bits per heavy atom. The molecule has 224 valence electrons. The van der Waals surface area contributed by atoms with Gasteiger partial charge in [-0.05, 0) is 24.3 Å². The fourth-order valence-electron chi connectivity index (χ4n) is 3.35. The van der Waals surface area contributed by atoms with Crippen molar-refractivity contribution in [3.05, 3.63) is 119 Å². The van der Waals surface area contributed by atoms with Gasteiger partial charge < -0.3 is 10.2 Å². The quantitative estimate of drug-likeness (QED) is 0.117. The van der Waals surface area contributed by atoms with Gasteiger partial charge in [-0.3, -0.25) is 0 Å². The van der Waals surface area contributed by atoms with Gasteiger partial charge in [0.05, 0.1) is 11.1 Å². The van der Waals surface area contributed by atoms with E-state index in [4.69, 9.17) is 10.2 Å². The van der Waals surface area contributed by atoms with Crippen molar-refractivity contribution in [1.29, 1.82) is 0 Å². The minimum absolute atomic E-state index is 0. The van der Waals surface area contributed by atoms with E-state index in [1.807, 2.05) is 0 Å². The van der Waals surface area contributed by atoms with Crippen molar-refractivity contribution in [2.75, 3.05) is 0 Å². The van der Waals surface area contributed by atoms with E-state index in [1.165, 1.54) is 73.9 Å². The molecule has 4 aromatic rings. The average Bonchev–Trinajstić information content (AvgIpc) is 3.61. The maximum absolute atomic E-state index is 11.9. The second kappa shape index (κ2) is 20.1. The molecule has 0 aliphatic carbocycles. The molecule has 0 fully saturated rings. The molecule has 0 amide bonds. The van der Waals surface area contributed by atoms with E-state index >= 15 is 0 Å². The van der Waals surface area contributed by atoms with E-state index in [0.717, 1.165) is 24.3 Å². The van der Waals surface area contributed by atoms with Gasteiger partial charge in [-0.15, -0.1) is 0 Å². The number of aromatic hydroxyl groups is 2. The van der Waals surface area contributed by atoms with E-state index in [2.05, 4.69) is 62.4 Å². The second-order valence-electron chi connectivity index (χ2n) is 8.82. The fourth-order valence-corrected chi connectivity index (χ4v) is 3.35. The third-order valence-electron chi connectivity index (χ3n) is 5.52. The summed E-state index contributed by atoms with van der Waals surface area (Å²) in [6.45, 7) is 4.45. The van der Waals surface area contributed by atoms with Crippen LogP contribution in [0.1, 0.15) is 61.8 Å². The largest absolute Gasteiger partial charge is 0.507 e. The topological polar surface area (TPSA) is 40.5 Å². The Morgan fingerprint density at radius 3 is 1.05 bits per heavy atom. The predicted molar refractivity (Wildman–Crippen MR) is 148 cm³/mol. The summed E-state index contributed by atoms with van der Waals surface area (Å²) in [7, 11) is 0. The van der Waals surface area contributed by atoms with E-state index < -0.39 is 35.0 Å². The van der Waals surface area contributed by atoms with Crippen molar-refractivity contribution in [2.24, 2.45) is 0 Å². The van der Waals surface area contributed by atoms with E-state index in [9.17, 15) is 26.3 Å². The van der Waals surface area contributed by atoms with Crippen LogP contribution in [0.4, 0.5) is 26.3 Å². The van der Waals surface area contributed by atoms with Gasteiger partial charge >= 0.3 is 12.4 Å². The molecule has 0 aliphatic rings. The van der Waals surface area contributed by atoms with Gasteiger partial charge in [0.15, 0.2) is 0 Å². The fraction of sp³-hybridized carbons (Fsp3) is 0.312. The van der Waals surface area contributed by atoms with Crippen molar-refractivity contribution < 1.29 is 62.4 Å². The smallest absolute Gasteiger partial charge is 0.419 e. The summed E-state index contributed by atoms with van der Waals surface area (Å²) in [5, 5.41) is 17.5. The third kappa shape index (κ3) is 16.3. The van der Waals surface area contributed by atoms with Crippen LogP contribution in [0, 0.1) is 0 Å². The van der Waals surface area contributed by atoms with Crippen LogP contribution in [-0.2, 0) is 51.0 Å². The molecule has 0 saturated heterocycles. The summed E-state index contributed by atoms with van der Waals surface area (Å²) in [5.74, 6) is -1.47. The number of phenols is 2. The number of phenolic OH excluding ortho intramolecular Hbond substituents is 2. The minimum Gasteiger partial charge on any atom is -0.507 e. The minimum atomic E-state index is -4.47. The summed E-state index contributed by atoms with van der Waals surface area (Å²) < 4.78 is 71.3. The number of aryl methyl sites for hydroxylation is 2. The van der Waals surface area contributed by atoms with E-state index in [-0.39, 0.29) is 25.8 Å². The van der Waals surface area contributed by atoms with Gasteiger partial charge in [-0.25, -0.2) is 24.3 Å².